The zero-order valence-corrected chi connectivity index (χ0v) is 22.8. The molecule has 2 aromatic rings. The maximum absolute atomic E-state index is 14.4. The van der Waals surface area contributed by atoms with E-state index in [1.54, 1.807) is 0 Å². The maximum Gasteiger partial charge on any atom is 0.432 e. The van der Waals surface area contributed by atoms with Crippen LogP contribution in [0.1, 0.15) is 43.7 Å². The van der Waals surface area contributed by atoms with Gasteiger partial charge >= 0.3 is 24.3 Å². The molecule has 0 saturated heterocycles. The van der Waals surface area contributed by atoms with E-state index < -0.39 is 58.8 Å². The average molecular weight is 591 g/mol. The van der Waals surface area contributed by atoms with Crippen molar-refractivity contribution >= 4 is 11.9 Å². The molecule has 0 bridgehead atoms. The summed E-state index contributed by atoms with van der Waals surface area (Å²) in [6.07, 6.45) is -11.8. The number of carbonyl (C=O) groups is 2. The van der Waals surface area contributed by atoms with Gasteiger partial charge in [0.05, 0.1) is 0 Å². The molecule has 12 heteroatoms. The first-order valence-electron chi connectivity index (χ1n) is 12.7. The highest BCUT2D eigenvalue weighted by atomic mass is 19.4. The Balaban J connectivity index is 2.54. The number of unbranched alkanes of at least 4 members (excludes halogenated alkanes) is 2. The van der Waals surface area contributed by atoms with E-state index in [0.29, 0.717) is 27.1 Å². The van der Waals surface area contributed by atoms with Crippen molar-refractivity contribution in [2.45, 2.75) is 68.4 Å². The quantitative estimate of drug-likeness (QED) is 0.105. The van der Waals surface area contributed by atoms with Crippen molar-refractivity contribution in [1.29, 1.82) is 0 Å². The SMILES string of the molecule is C=C[C@H](OC(=O)C(OC)(c1ccccc1)C(F)(F)F)[C@@H](CCCCC)OC(=O)C(OC)(c1ccccc1)C(F)(F)F. The predicted octanol–water partition coefficient (Wildman–Crippen LogP) is 6.78. The van der Waals surface area contributed by atoms with Gasteiger partial charge in [-0.1, -0.05) is 87.0 Å². The minimum atomic E-state index is -5.31. The largest absolute Gasteiger partial charge is 0.455 e. The molecule has 0 heterocycles. The van der Waals surface area contributed by atoms with Crippen LogP contribution in [0.2, 0.25) is 0 Å². The Bertz CT molecular complexity index is 1140. The summed E-state index contributed by atoms with van der Waals surface area (Å²) in [6.45, 7) is 5.29. The van der Waals surface area contributed by atoms with Crippen LogP contribution in [0.3, 0.4) is 0 Å². The van der Waals surface area contributed by atoms with Crippen molar-refractivity contribution in [3.8, 4) is 0 Å². The van der Waals surface area contributed by atoms with Gasteiger partial charge in [-0.25, -0.2) is 9.59 Å². The third-order valence-electron chi connectivity index (χ3n) is 6.54. The molecule has 0 saturated carbocycles. The minimum Gasteiger partial charge on any atom is -0.455 e. The van der Waals surface area contributed by atoms with E-state index in [-0.39, 0.29) is 12.8 Å². The van der Waals surface area contributed by atoms with Crippen LogP contribution in [-0.4, -0.2) is 50.7 Å². The summed E-state index contributed by atoms with van der Waals surface area (Å²) in [5.41, 5.74) is -8.33. The third kappa shape index (κ3) is 6.92. The summed E-state index contributed by atoms with van der Waals surface area (Å²) < 4.78 is 106. The lowest BCUT2D eigenvalue weighted by Gasteiger charge is -2.36. The van der Waals surface area contributed by atoms with Crippen LogP contribution in [0.25, 0.3) is 0 Å². The van der Waals surface area contributed by atoms with Crippen molar-refractivity contribution in [2.75, 3.05) is 14.2 Å². The lowest BCUT2D eigenvalue weighted by molar-refractivity contribution is -0.284. The number of alkyl halides is 6. The lowest BCUT2D eigenvalue weighted by atomic mass is 9.92. The van der Waals surface area contributed by atoms with E-state index in [1.807, 2.05) is 6.92 Å². The number of ether oxygens (including phenoxy) is 4. The fraction of sp³-hybridized carbons (Fsp3) is 0.448. The smallest absolute Gasteiger partial charge is 0.432 e. The number of halogens is 6. The standard InChI is InChI=1S/C29H32F6O6/c1-5-7-10-19-23(41-25(37)27(39-4,29(33,34)35)21-17-13-9-14-18-21)22(6-2)40-24(36)26(38-3,28(30,31)32)20-15-11-8-12-16-20/h6,8-9,11-18,22-23H,2,5,7,10,19H2,1,3-4H3/t22-,23+,26?,27?/m0/s1. The fourth-order valence-electron chi connectivity index (χ4n) is 4.36. The summed E-state index contributed by atoms with van der Waals surface area (Å²) in [7, 11) is 1.34. The molecule has 2 unspecified atom stereocenters. The monoisotopic (exact) mass is 590 g/mol. The molecule has 226 valence electrons. The van der Waals surface area contributed by atoms with Gasteiger partial charge in [0.15, 0.2) is 6.10 Å². The van der Waals surface area contributed by atoms with Gasteiger partial charge < -0.3 is 18.9 Å². The number of benzene rings is 2. The topological polar surface area (TPSA) is 71.1 Å². The molecule has 0 radical (unpaired) electrons. The predicted molar refractivity (Wildman–Crippen MR) is 136 cm³/mol. The van der Waals surface area contributed by atoms with Gasteiger partial charge in [-0.3, -0.25) is 0 Å². The molecule has 0 aromatic heterocycles. The molecule has 6 nitrogen and oxygen atoms in total. The van der Waals surface area contributed by atoms with Crippen LogP contribution >= 0.6 is 0 Å². The minimum absolute atomic E-state index is 0.159. The molecule has 41 heavy (non-hydrogen) atoms. The summed E-state index contributed by atoms with van der Waals surface area (Å²) in [6, 6.07) is 12.0. The summed E-state index contributed by atoms with van der Waals surface area (Å²) in [4.78, 5) is 26.5. The number of methoxy groups -OCH3 is 2. The zero-order valence-electron chi connectivity index (χ0n) is 22.8. The summed E-state index contributed by atoms with van der Waals surface area (Å²) in [5, 5.41) is 0. The normalized spacial score (nSPS) is 16.5. The van der Waals surface area contributed by atoms with Gasteiger partial charge in [0, 0.05) is 25.3 Å². The highest BCUT2D eigenvalue weighted by molar-refractivity contribution is 5.84. The average Bonchev–Trinajstić information content (AvgIpc) is 2.92. The number of rotatable bonds is 14. The molecule has 0 aliphatic heterocycles. The van der Waals surface area contributed by atoms with E-state index in [1.165, 1.54) is 36.4 Å². The van der Waals surface area contributed by atoms with Gasteiger partial charge in [0.2, 0.25) is 0 Å². The number of carbonyl (C=O) groups excluding carboxylic acids is 2. The lowest BCUT2D eigenvalue weighted by Crippen LogP contribution is -2.55. The Hall–Kier alpha value is -3.38. The molecule has 4 atom stereocenters. The molecule has 0 fully saturated rings. The Morgan fingerprint density at radius 3 is 1.51 bits per heavy atom. The summed E-state index contributed by atoms with van der Waals surface area (Å²) in [5.74, 6) is -3.81. The Morgan fingerprint density at radius 2 is 1.17 bits per heavy atom. The first-order chi connectivity index (χ1) is 19.3. The van der Waals surface area contributed by atoms with Crippen LogP contribution in [0.4, 0.5) is 26.3 Å². The van der Waals surface area contributed by atoms with Crippen LogP contribution in [-0.2, 0) is 39.7 Å². The van der Waals surface area contributed by atoms with E-state index in [2.05, 4.69) is 6.58 Å². The van der Waals surface area contributed by atoms with Crippen molar-refractivity contribution in [2.24, 2.45) is 0 Å². The fourth-order valence-corrected chi connectivity index (χ4v) is 4.36. The molecule has 2 rings (SSSR count). The van der Waals surface area contributed by atoms with Crippen LogP contribution in [0, 0.1) is 0 Å². The Morgan fingerprint density at radius 1 is 0.756 bits per heavy atom. The zero-order chi connectivity index (χ0) is 30.9. The second-order valence-corrected chi connectivity index (χ2v) is 9.04. The first-order valence-corrected chi connectivity index (χ1v) is 12.7. The van der Waals surface area contributed by atoms with Gasteiger partial charge in [0.25, 0.3) is 11.2 Å². The van der Waals surface area contributed by atoms with Crippen LogP contribution in [0.5, 0.6) is 0 Å². The van der Waals surface area contributed by atoms with Crippen LogP contribution in [0.15, 0.2) is 73.3 Å². The molecular formula is C29H32F6O6. The number of hydrogen-bond donors (Lipinski definition) is 0. The first kappa shape index (κ1) is 33.8. The molecule has 0 amide bonds. The highest BCUT2D eigenvalue weighted by Gasteiger charge is 2.66. The second-order valence-electron chi connectivity index (χ2n) is 9.04. The molecule has 0 aliphatic carbocycles. The summed E-state index contributed by atoms with van der Waals surface area (Å²) >= 11 is 0. The Labute approximate surface area is 234 Å². The van der Waals surface area contributed by atoms with E-state index >= 15 is 0 Å². The van der Waals surface area contributed by atoms with E-state index in [9.17, 15) is 35.9 Å². The third-order valence-corrected chi connectivity index (χ3v) is 6.54. The van der Waals surface area contributed by atoms with Crippen molar-refractivity contribution in [3.05, 3.63) is 84.4 Å². The van der Waals surface area contributed by atoms with Crippen LogP contribution < -0.4 is 0 Å². The number of esters is 2. The Kier molecular flexibility index (Phi) is 11.5. The molecule has 0 spiro atoms. The molecule has 0 N–H and O–H groups in total. The second kappa shape index (κ2) is 14.0. The van der Waals surface area contributed by atoms with Gasteiger partial charge in [-0.05, 0) is 18.9 Å². The van der Waals surface area contributed by atoms with Crippen molar-refractivity contribution in [1.82, 2.24) is 0 Å². The van der Waals surface area contributed by atoms with Gasteiger partial charge in [-0.15, -0.1) is 0 Å². The maximum atomic E-state index is 14.4. The van der Waals surface area contributed by atoms with Gasteiger partial charge in [-0.2, -0.15) is 26.3 Å². The molecule has 0 aliphatic rings. The van der Waals surface area contributed by atoms with E-state index in [0.717, 1.165) is 30.3 Å². The van der Waals surface area contributed by atoms with Crippen molar-refractivity contribution < 1.29 is 54.9 Å². The van der Waals surface area contributed by atoms with Gasteiger partial charge in [0.1, 0.15) is 6.10 Å². The van der Waals surface area contributed by atoms with Crippen molar-refractivity contribution in [3.63, 3.8) is 0 Å². The molecule has 2 aromatic carbocycles. The highest BCUT2D eigenvalue weighted by Crippen LogP contribution is 2.45. The van der Waals surface area contributed by atoms with E-state index in [4.69, 9.17) is 18.9 Å². The number of hydrogen-bond acceptors (Lipinski definition) is 6. The molecular weight excluding hydrogens is 558 g/mol.